The van der Waals surface area contributed by atoms with Crippen molar-refractivity contribution in [2.24, 2.45) is 5.73 Å². The summed E-state index contributed by atoms with van der Waals surface area (Å²) in [5, 5.41) is 1.09. The highest BCUT2D eigenvalue weighted by atomic mass is 16.7. The third-order valence-corrected chi connectivity index (χ3v) is 1.15. The Morgan fingerprint density at radius 1 is 1.46 bits per heavy atom. The Bertz CT molecular complexity index is 165. The number of nitrogens with zero attached hydrogens (tertiary/aromatic N) is 1. The highest BCUT2D eigenvalue weighted by molar-refractivity contribution is 5.66. The SMILES string of the molecule is CON(CCN)C(=O)OC(C)(C)C. The number of carbonyl (C=O) groups excluding carboxylic acids is 1. The molecule has 13 heavy (non-hydrogen) atoms. The number of hydrogen-bond acceptors (Lipinski definition) is 4. The van der Waals surface area contributed by atoms with Crippen LogP contribution in [0, 0.1) is 0 Å². The van der Waals surface area contributed by atoms with Crippen LogP contribution in [0.4, 0.5) is 4.79 Å². The minimum Gasteiger partial charge on any atom is -0.442 e. The normalized spacial score (nSPS) is 11.2. The molecular weight excluding hydrogens is 172 g/mol. The van der Waals surface area contributed by atoms with Gasteiger partial charge in [0, 0.05) is 6.54 Å². The molecule has 5 heteroatoms. The zero-order valence-electron chi connectivity index (χ0n) is 8.66. The average molecular weight is 190 g/mol. The highest BCUT2D eigenvalue weighted by Crippen LogP contribution is 2.09. The molecule has 0 heterocycles. The van der Waals surface area contributed by atoms with Gasteiger partial charge < -0.3 is 10.5 Å². The first-order chi connectivity index (χ1) is 5.90. The van der Waals surface area contributed by atoms with Crippen molar-refractivity contribution in [1.29, 1.82) is 0 Å². The zero-order valence-corrected chi connectivity index (χ0v) is 8.66. The van der Waals surface area contributed by atoms with Gasteiger partial charge in [0.25, 0.3) is 0 Å². The Morgan fingerprint density at radius 2 is 2.00 bits per heavy atom. The van der Waals surface area contributed by atoms with Gasteiger partial charge in [0.05, 0.1) is 13.7 Å². The lowest BCUT2D eigenvalue weighted by Gasteiger charge is -2.25. The van der Waals surface area contributed by atoms with Gasteiger partial charge >= 0.3 is 6.09 Å². The number of nitrogens with two attached hydrogens (primary N) is 1. The van der Waals surface area contributed by atoms with E-state index in [9.17, 15) is 4.79 Å². The van der Waals surface area contributed by atoms with Gasteiger partial charge in [-0.05, 0) is 20.8 Å². The molecule has 0 fully saturated rings. The van der Waals surface area contributed by atoms with E-state index in [-0.39, 0.29) is 0 Å². The fraction of sp³-hybridized carbons (Fsp3) is 0.875. The zero-order chi connectivity index (χ0) is 10.5. The van der Waals surface area contributed by atoms with Gasteiger partial charge in [-0.1, -0.05) is 0 Å². The number of hydrogen-bond donors (Lipinski definition) is 1. The van der Waals surface area contributed by atoms with Crippen LogP contribution in [0.15, 0.2) is 0 Å². The molecule has 0 aromatic rings. The van der Waals surface area contributed by atoms with Crippen molar-refractivity contribution in [1.82, 2.24) is 5.06 Å². The highest BCUT2D eigenvalue weighted by Gasteiger charge is 2.21. The molecule has 0 aromatic carbocycles. The van der Waals surface area contributed by atoms with Crippen LogP contribution < -0.4 is 5.73 Å². The monoisotopic (exact) mass is 190 g/mol. The van der Waals surface area contributed by atoms with Crippen molar-refractivity contribution in [3.05, 3.63) is 0 Å². The summed E-state index contributed by atoms with van der Waals surface area (Å²) in [6.07, 6.45) is -0.513. The van der Waals surface area contributed by atoms with E-state index in [0.29, 0.717) is 13.1 Å². The van der Waals surface area contributed by atoms with Crippen LogP contribution in [0.3, 0.4) is 0 Å². The molecule has 0 bridgehead atoms. The molecular formula is C8H18N2O3. The van der Waals surface area contributed by atoms with Crippen molar-refractivity contribution < 1.29 is 14.4 Å². The van der Waals surface area contributed by atoms with E-state index in [4.69, 9.17) is 15.3 Å². The summed E-state index contributed by atoms with van der Waals surface area (Å²) in [4.78, 5) is 16.1. The standard InChI is InChI=1S/C8H18N2O3/c1-8(2,3)13-7(11)10(12-4)6-5-9/h5-6,9H2,1-4H3. The van der Waals surface area contributed by atoms with E-state index in [1.807, 2.05) is 0 Å². The minimum absolute atomic E-state index is 0.325. The smallest absolute Gasteiger partial charge is 0.434 e. The molecule has 1 amide bonds. The summed E-state index contributed by atoms with van der Waals surface area (Å²) in [5.74, 6) is 0. The first-order valence-corrected chi connectivity index (χ1v) is 4.15. The van der Waals surface area contributed by atoms with Gasteiger partial charge in [-0.2, -0.15) is 5.06 Å². The van der Waals surface area contributed by atoms with Crippen molar-refractivity contribution in [2.75, 3.05) is 20.2 Å². The van der Waals surface area contributed by atoms with Crippen LogP contribution >= 0.6 is 0 Å². The van der Waals surface area contributed by atoms with Crippen LogP contribution in [0.1, 0.15) is 20.8 Å². The summed E-state index contributed by atoms with van der Waals surface area (Å²) >= 11 is 0. The number of hydroxylamine groups is 2. The lowest BCUT2D eigenvalue weighted by atomic mass is 10.2. The molecule has 0 saturated heterocycles. The molecule has 0 aliphatic rings. The molecule has 0 aliphatic carbocycles. The molecule has 5 nitrogen and oxygen atoms in total. The van der Waals surface area contributed by atoms with Crippen LogP contribution in [0.25, 0.3) is 0 Å². The Balaban J connectivity index is 4.06. The second-order valence-electron chi connectivity index (χ2n) is 3.55. The number of ether oxygens (including phenoxy) is 1. The fourth-order valence-electron chi connectivity index (χ4n) is 0.687. The molecule has 0 radical (unpaired) electrons. The maximum Gasteiger partial charge on any atom is 0.434 e. The maximum absolute atomic E-state index is 11.3. The topological polar surface area (TPSA) is 64.8 Å². The molecule has 0 unspecified atom stereocenters. The third-order valence-electron chi connectivity index (χ3n) is 1.15. The summed E-state index contributed by atoms with van der Waals surface area (Å²) in [5.41, 5.74) is 4.77. The van der Waals surface area contributed by atoms with Crippen molar-refractivity contribution >= 4 is 6.09 Å². The van der Waals surface area contributed by atoms with Gasteiger partial charge in [0.2, 0.25) is 0 Å². The Kier molecular flexibility index (Phi) is 4.72. The quantitative estimate of drug-likeness (QED) is 0.667. The van der Waals surface area contributed by atoms with Gasteiger partial charge in [-0.15, -0.1) is 0 Å². The number of carbonyl (C=O) groups is 1. The minimum atomic E-state index is -0.513. The lowest BCUT2D eigenvalue weighted by molar-refractivity contribution is -0.121. The largest absolute Gasteiger partial charge is 0.442 e. The van der Waals surface area contributed by atoms with E-state index in [1.54, 1.807) is 20.8 Å². The van der Waals surface area contributed by atoms with Crippen LogP contribution in [0.2, 0.25) is 0 Å². The van der Waals surface area contributed by atoms with Crippen LogP contribution in [-0.4, -0.2) is 37.0 Å². The Labute approximate surface area is 78.7 Å². The molecule has 2 N–H and O–H groups in total. The molecule has 0 aliphatic heterocycles. The van der Waals surface area contributed by atoms with Crippen LogP contribution in [-0.2, 0) is 9.57 Å². The second kappa shape index (κ2) is 5.04. The van der Waals surface area contributed by atoms with E-state index in [2.05, 4.69) is 0 Å². The van der Waals surface area contributed by atoms with Gasteiger partial charge in [0.15, 0.2) is 0 Å². The predicted octanol–water partition coefficient (Wildman–Crippen LogP) is 0.744. The Hall–Kier alpha value is -0.810. The van der Waals surface area contributed by atoms with Crippen LogP contribution in [0.5, 0.6) is 0 Å². The van der Waals surface area contributed by atoms with Crippen molar-refractivity contribution in [3.8, 4) is 0 Å². The summed E-state index contributed by atoms with van der Waals surface area (Å²) < 4.78 is 5.05. The average Bonchev–Trinajstić information content (AvgIpc) is 1.96. The van der Waals surface area contributed by atoms with Gasteiger partial charge in [-0.25, -0.2) is 4.79 Å². The predicted molar refractivity (Wildman–Crippen MR) is 49.0 cm³/mol. The van der Waals surface area contributed by atoms with Crippen molar-refractivity contribution in [3.63, 3.8) is 0 Å². The number of amides is 1. The summed E-state index contributed by atoms with van der Waals surface area (Å²) in [6, 6.07) is 0. The molecule has 0 spiro atoms. The molecule has 0 rings (SSSR count). The van der Waals surface area contributed by atoms with Crippen molar-refractivity contribution in [2.45, 2.75) is 26.4 Å². The first-order valence-electron chi connectivity index (χ1n) is 4.15. The fourth-order valence-corrected chi connectivity index (χ4v) is 0.687. The van der Waals surface area contributed by atoms with E-state index in [1.165, 1.54) is 7.11 Å². The van der Waals surface area contributed by atoms with E-state index >= 15 is 0 Å². The van der Waals surface area contributed by atoms with E-state index < -0.39 is 11.7 Å². The molecule has 78 valence electrons. The third kappa shape index (κ3) is 5.43. The summed E-state index contributed by atoms with van der Waals surface area (Å²) in [6.45, 7) is 6.04. The molecule has 0 aromatic heterocycles. The first kappa shape index (κ1) is 12.2. The molecule has 0 atom stereocenters. The maximum atomic E-state index is 11.3. The van der Waals surface area contributed by atoms with Gasteiger partial charge in [0.1, 0.15) is 5.60 Å². The number of rotatable bonds is 3. The molecule has 0 saturated carbocycles. The van der Waals surface area contributed by atoms with E-state index in [0.717, 1.165) is 5.06 Å². The second-order valence-corrected chi connectivity index (χ2v) is 3.55. The summed E-state index contributed by atoms with van der Waals surface area (Å²) in [7, 11) is 1.40. The van der Waals surface area contributed by atoms with Gasteiger partial charge in [-0.3, -0.25) is 4.84 Å². The lowest BCUT2D eigenvalue weighted by Crippen LogP contribution is -2.38. The Morgan fingerprint density at radius 3 is 2.31 bits per heavy atom.